The first-order valence-electron chi connectivity index (χ1n) is 8.81. The number of hydrogen-bond donors (Lipinski definition) is 1. The molecule has 1 saturated carbocycles. The van der Waals surface area contributed by atoms with E-state index in [1.165, 1.54) is 4.90 Å². The van der Waals surface area contributed by atoms with Gasteiger partial charge in [-0.15, -0.1) is 0 Å². The Labute approximate surface area is 163 Å². The minimum atomic E-state index is -2.75. The summed E-state index contributed by atoms with van der Waals surface area (Å²) in [4.78, 5) is 18.1. The molecule has 0 saturated heterocycles. The van der Waals surface area contributed by atoms with E-state index in [9.17, 15) is 17.8 Å². The van der Waals surface area contributed by atoms with Crippen LogP contribution < -0.4 is 4.90 Å². The number of halogens is 2. The van der Waals surface area contributed by atoms with Crippen LogP contribution in [0.5, 0.6) is 0 Å². The maximum Gasteiger partial charge on any atom is 0.272 e. The Hall–Kier alpha value is -2.49. The number of alkyl halides is 2. The minimum Gasteiger partial charge on any atom is -0.304 e. The van der Waals surface area contributed by atoms with Crippen LogP contribution >= 0.6 is 0 Å². The van der Waals surface area contributed by atoms with E-state index in [2.05, 4.69) is 10.1 Å². The molecule has 150 valence electrons. The standard InChI is InChI=1S/C18H21F2N5O2S/c1-3-24(16-9-25(23-12(16)2)14-5-4-6-22-8-14)17(26)15(21)11-28(27)10-13-7-18(13,19)20/h4-6,8-9,13,21H,3,7,10-11H2,1-2H3. The van der Waals surface area contributed by atoms with Crippen LogP contribution in [0.1, 0.15) is 19.0 Å². The SMILES string of the molecule is CCN(C(=O)C(=N)CS(=O)CC1CC1(F)F)c1cn(-c2cccnc2)nc1C. The molecular formula is C18H21F2N5O2S. The molecule has 1 fully saturated rings. The third-order valence-corrected chi connectivity index (χ3v) is 5.93. The molecule has 1 aliphatic carbocycles. The van der Waals surface area contributed by atoms with Gasteiger partial charge in [0.25, 0.3) is 11.8 Å². The Balaban J connectivity index is 1.70. The van der Waals surface area contributed by atoms with Gasteiger partial charge < -0.3 is 4.90 Å². The zero-order valence-corrected chi connectivity index (χ0v) is 16.4. The highest BCUT2D eigenvalue weighted by Gasteiger charge is 2.57. The van der Waals surface area contributed by atoms with E-state index in [1.54, 1.807) is 43.2 Å². The lowest BCUT2D eigenvalue weighted by atomic mass is 10.3. The summed E-state index contributed by atoms with van der Waals surface area (Å²) in [5.74, 6) is -4.79. The van der Waals surface area contributed by atoms with Crippen LogP contribution in [0.15, 0.2) is 30.7 Å². The molecule has 1 N–H and O–H groups in total. The van der Waals surface area contributed by atoms with Crippen molar-refractivity contribution in [3.63, 3.8) is 0 Å². The van der Waals surface area contributed by atoms with E-state index in [0.29, 0.717) is 11.4 Å². The number of amides is 1. The van der Waals surface area contributed by atoms with Crippen LogP contribution in [0.4, 0.5) is 14.5 Å². The summed E-state index contributed by atoms with van der Waals surface area (Å²) >= 11 is 0. The molecule has 0 spiro atoms. The Morgan fingerprint density at radius 1 is 1.50 bits per heavy atom. The highest BCUT2D eigenvalue weighted by atomic mass is 32.2. The number of rotatable bonds is 8. The van der Waals surface area contributed by atoms with Crippen LogP contribution in [0.25, 0.3) is 5.69 Å². The summed E-state index contributed by atoms with van der Waals surface area (Å²) < 4.78 is 39.6. The smallest absolute Gasteiger partial charge is 0.272 e. The number of nitrogens with zero attached hydrogens (tertiary/aromatic N) is 4. The van der Waals surface area contributed by atoms with Crippen LogP contribution in [-0.4, -0.2) is 54.6 Å². The predicted octanol–water partition coefficient (Wildman–Crippen LogP) is 2.35. The number of nitrogens with one attached hydrogen (secondary N) is 1. The summed E-state index contributed by atoms with van der Waals surface area (Å²) in [5.41, 5.74) is 1.48. The Kier molecular flexibility index (Phi) is 5.69. The number of carbonyl (C=O) groups is 1. The van der Waals surface area contributed by atoms with Gasteiger partial charge in [-0.05, 0) is 26.0 Å². The predicted molar refractivity (Wildman–Crippen MR) is 103 cm³/mol. The average Bonchev–Trinajstić information content (AvgIpc) is 3.07. The first-order chi connectivity index (χ1) is 13.2. The molecule has 0 aromatic carbocycles. The maximum absolute atomic E-state index is 13.0. The highest BCUT2D eigenvalue weighted by Crippen LogP contribution is 2.48. The van der Waals surface area contributed by atoms with Crippen molar-refractivity contribution in [2.45, 2.75) is 26.2 Å². The molecule has 3 rings (SSSR count). The van der Waals surface area contributed by atoms with E-state index in [4.69, 9.17) is 5.41 Å². The van der Waals surface area contributed by atoms with Gasteiger partial charge in [-0.1, -0.05) is 0 Å². The monoisotopic (exact) mass is 409 g/mol. The number of aryl methyl sites for hydroxylation is 1. The van der Waals surface area contributed by atoms with Crippen molar-refractivity contribution < 1.29 is 17.8 Å². The molecule has 7 nitrogen and oxygen atoms in total. The number of anilines is 1. The van der Waals surface area contributed by atoms with Crippen molar-refractivity contribution in [3.8, 4) is 5.69 Å². The first kappa shape index (κ1) is 20.2. The van der Waals surface area contributed by atoms with Crippen molar-refractivity contribution in [2.75, 3.05) is 23.0 Å². The zero-order chi connectivity index (χ0) is 20.5. The Morgan fingerprint density at radius 3 is 2.79 bits per heavy atom. The van der Waals surface area contributed by atoms with Gasteiger partial charge in [0.1, 0.15) is 5.71 Å². The van der Waals surface area contributed by atoms with Crippen LogP contribution in [0.2, 0.25) is 0 Å². The van der Waals surface area contributed by atoms with Gasteiger partial charge in [-0.25, -0.2) is 13.5 Å². The Morgan fingerprint density at radius 2 is 2.21 bits per heavy atom. The molecule has 1 aliphatic rings. The number of aromatic nitrogens is 3. The molecule has 1 amide bonds. The van der Waals surface area contributed by atoms with Gasteiger partial charge in [0, 0.05) is 41.6 Å². The highest BCUT2D eigenvalue weighted by molar-refractivity contribution is 7.85. The fourth-order valence-electron chi connectivity index (χ4n) is 2.88. The molecule has 2 heterocycles. The zero-order valence-electron chi connectivity index (χ0n) is 15.6. The fraction of sp³-hybridized carbons (Fsp3) is 0.444. The molecule has 10 heteroatoms. The van der Waals surface area contributed by atoms with Crippen molar-refractivity contribution in [1.82, 2.24) is 14.8 Å². The van der Waals surface area contributed by atoms with E-state index < -0.39 is 28.5 Å². The number of carbonyl (C=O) groups excluding carboxylic acids is 1. The van der Waals surface area contributed by atoms with Gasteiger partial charge in [-0.2, -0.15) is 5.10 Å². The quantitative estimate of drug-likeness (QED) is 0.678. The minimum absolute atomic E-state index is 0.188. The van der Waals surface area contributed by atoms with Gasteiger partial charge in [-0.3, -0.25) is 19.4 Å². The van der Waals surface area contributed by atoms with Gasteiger partial charge in [0.05, 0.1) is 35.2 Å². The normalized spacial score (nSPS) is 18.5. The molecule has 0 bridgehead atoms. The van der Waals surface area contributed by atoms with Crippen LogP contribution in [0.3, 0.4) is 0 Å². The van der Waals surface area contributed by atoms with Gasteiger partial charge in [0.2, 0.25) is 0 Å². The fourth-order valence-corrected chi connectivity index (χ4v) is 4.25. The van der Waals surface area contributed by atoms with Crippen LogP contribution in [-0.2, 0) is 15.6 Å². The molecule has 2 aromatic rings. The lowest BCUT2D eigenvalue weighted by molar-refractivity contribution is -0.112. The van der Waals surface area contributed by atoms with Crippen molar-refractivity contribution in [2.24, 2.45) is 5.92 Å². The van der Waals surface area contributed by atoms with Crippen LogP contribution in [0, 0.1) is 18.3 Å². The molecular weight excluding hydrogens is 388 g/mol. The lowest BCUT2D eigenvalue weighted by Crippen LogP contribution is -2.38. The second-order valence-electron chi connectivity index (χ2n) is 6.70. The van der Waals surface area contributed by atoms with E-state index in [-0.39, 0.29) is 30.2 Å². The molecule has 2 atom stereocenters. The van der Waals surface area contributed by atoms with Gasteiger partial charge in [0.15, 0.2) is 0 Å². The summed E-state index contributed by atoms with van der Waals surface area (Å²) in [5, 5.41) is 12.4. The third kappa shape index (κ3) is 4.32. The largest absolute Gasteiger partial charge is 0.304 e. The summed E-state index contributed by atoms with van der Waals surface area (Å²) in [6.45, 7) is 3.79. The van der Waals surface area contributed by atoms with E-state index in [0.717, 1.165) is 5.69 Å². The summed E-state index contributed by atoms with van der Waals surface area (Å²) in [7, 11) is -1.67. The molecule has 2 unspecified atom stereocenters. The van der Waals surface area contributed by atoms with E-state index >= 15 is 0 Å². The molecule has 0 aliphatic heterocycles. The second kappa shape index (κ2) is 7.86. The van der Waals surface area contributed by atoms with Gasteiger partial charge >= 0.3 is 0 Å². The van der Waals surface area contributed by atoms with E-state index in [1.807, 2.05) is 6.07 Å². The topological polar surface area (TPSA) is 91.9 Å². The number of hydrogen-bond acceptors (Lipinski definition) is 5. The van der Waals surface area contributed by atoms with Crippen molar-refractivity contribution in [1.29, 1.82) is 5.41 Å². The Bertz CT molecular complexity index is 916. The number of pyridine rings is 1. The summed E-state index contributed by atoms with van der Waals surface area (Å²) in [6.07, 6.45) is 4.67. The van der Waals surface area contributed by atoms with Crippen molar-refractivity contribution in [3.05, 3.63) is 36.4 Å². The first-order valence-corrected chi connectivity index (χ1v) is 10.3. The third-order valence-electron chi connectivity index (χ3n) is 4.54. The molecule has 0 radical (unpaired) electrons. The second-order valence-corrected chi connectivity index (χ2v) is 8.20. The van der Waals surface area contributed by atoms with Crippen molar-refractivity contribution >= 4 is 28.1 Å². The summed E-state index contributed by atoms with van der Waals surface area (Å²) in [6, 6.07) is 3.59. The molecule has 28 heavy (non-hydrogen) atoms. The molecule has 2 aromatic heterocycles. The lowest BCUT2D eigenvalue weighted by Gasteiger charge is -2.20. The maximum atomic E-state index is 13.0. The average molecular weight is 409 g/mol.